The molecule has 0 spiro atoms. The standard InChI is InChI=1S/C11H14FN5O3/c1-11(12)2-5(3-18)20-9(11)17-4-14-6-7(17)15-10(13)16-8(6)19/h4-5,9,18H,2-3H2,1H3,(H3,13,15,16,19). The number of nitrogens with two attached hydrogens (primary N) is 1. The molecule has 2 aromatic rings. The Morgan fingerprint density at radius 2 is 2.50 bits per heavy atom. The van der Waals surface area contributed by atoms with E-state index in [-0.39, 0.29) is 30.1 Å². The summed E-state index contributed by atoms with van der Waals surface area (Å²) in [5.41, 5.74) is 3.50. The van der Waals surface area contributed by atoms with Gasteiger partial charge in [-0.3, -0.25) is 14.3 Å². The highest BCUT2D eigenvalue weighted by Gasteiger charge is 2.47. The number of halogens is 1. The molecule has 3 atom stereocenters. The Kier molecular flexibility index (Phi) is 2.76. The molecule has 2 aromatic heterocycles. The summed E-state index contributed by atoms with van der Waals surface area (Å²) >= 11 is 0. The van der Waals surface area contributed by atoms with E-state index in [1.165, 1.54) is 17.8 Å². The molecule has 0 radical (unpaired) electrons. The van der Waals surface area contributed by atoms with Crippen molar-refractivity contribution in [3.63, 3.8) is 0 Å². The normalized spacial score (nSPS) is 30.1. The summed E-state index contributed by atoms with van der Waals surface area (Å²) in [6, 6.07) is 0. The van der Waals surface area contributed by atoms with Crippen LogP contribution < -0.4 is 11.3 Å². The highest BCUT2D eigenvalue weighted by Crippen LogP contribution is 2.41. The van der Waals surface area contributed by atoms with Crippen molar-refractivity contribution in [2.75, 3.05) is 12.3 Å². The summed E-state index contributed by atoms with van der Waals surface area (Å²) in [7, 11) is 0. The second kappa shape index (κ2) is 4.25. The number of aliphatic hydroxyl groups is 1. The van der Waals surface area contributed by atoms with Crippen LogP contribution in [-0.2, 0) is 4.74 Å². The molecule has 0 bridgehead atoms. The third kappa shape index (κ3) is 1.86. The molecule has 1 aliphatic rings. The van der Waals surface area contributed by atoms with Crippen LogP contribution in [0.2, 0.25) is 0 Å². The fourth-order valence-electron chi connectivity index (χ4n) is 2.50. The van der Waals surface area contributed by atoms with Crippen molar-refractivity contribution in [3.8, 4) is 0 Å². The van der Waals surface area contributed by atoms with Crippen LogP contribution in [-0.4, -0.2) is 43.0 Å². The summed E-state index contributed by atoms with van der Waals surface area (Å²) < 4.78 is 21.4. The molecule has 108 valence electrons. The molecule has 20 heavy (non-hydrogen) atoms. The lowest BCUT2D eigenvalue weighted by atomic mass is 10.0. The minimum Gasteiger partial charge on any atom is -0.394 e. The third-order valence-corrected chi connectivity index (χ3v) is 3.37. The topological polar surface area (TPSA) is 119 Å². The minimum atomic E-state index is -1.71. The zero-order chi connectivity index (χ0) is 14.5. The van der Waals surface area contributed by atoms with Crippen LogP contribution >= 0.6 is 0 Å². The van der Waals surface area contributed by atoms with E-state index in [1.807, 2.05) is 0 Å². The summed E-state index contributed by atoms with van der Waals surface area (Å²) in [6.45, 7) is 1.09. The van der Waals surface area contributed by atoms with Gasteiger partial charge in [0.15, 0.2) is 23.1 Å². The lowest BCUT2D eigenvalue weighted by molar-refractivity contribution is -0.0565. The number of nitrogens with one attached hydrogen (secondary N) is 1. The molecule has 0 amide bonds. The SMILES string of the molecule is CC1(F)CC(CO)OC1n1cnc2c(=O)[nH]c(N)nc21. The molecule has 8 nitrogen and oxygen atoms in total. The number of alkyl halides is 1. The predicted molar refractivity (Wildman–Crippen MR) is 67.7 cm³/mol. The molecule has 1 saturated heterocycles. The number of aliphatic hydroxyl groups excluding tert-OH is 1. The van der Waals surface area contributed by atoms with Crippen LogP contribution in [0.15, 0.2) is 11.1 Å². The van der Waals surface area contributed by atoms with E-state index < -0.39 is 23.6 Å². The number of imidazole rings is 1. The van der Waals surface area contributed by atoms with Gasteiger partial charge in [-0.05, 0) is 6.92 Å². The molecule has 3 heterocycles. The summed E-state index contributed by atoms with van der Waals surface area (Å²) in [4.78, 5) is 21.9. The maximum Gasteiger partial charge on any atom is 0.280 e. The molecule has 1 aliphatic heterocycles. The number of nitrogen functional groups attached to an aromatic ring is 1. The van der Waals surface area contributed by atoms with E-state index in [2.05, 4.69) is 15.0 Å². The number of aromatic nitrogens is 4. The second-order valence-electron chi connectivity index (χ2n) is 5.05. The van der Waals surface area contributed by atoms with Crippen LogP contribution in [0.1, 0.15) is 19.6 Å². The molecule has 9 heteroatoms. The molecule has 0 saturated carbocycles. The lowest BCUT2D eigenvalue weighted by Gasteiger charge is -2.22. The van der Waals surface area contributed by atoms with Crippen molar-refractivity contribution in [1.82, 2.24) is 19.5 Å². The number of nitrogens with zero attached hydrogens (tertiary/aromatic N) is 3. The van der Waals surface area contributed by atoms with Gasteiger partial charge >= 0.3 is 0 Å². The quantitative estimate of drug-likeness (QED) is 0.696. The van der Waals surface area contributed by atoms with Crippen molar-refractivity contribution >= 4 is 17.1 Å². The van der Waals surface area contributed by atoms with Gasteiger partial charge in [-0.25, -0.2) is 9.37 Å². The van der Waals surface area contributed by atoms with Gasteiger partial charge in [0.25, 0.3) is 5.56 Å². The first-order chi connectivity index (χ1) is 9.42. The number of H-pyrrole nitrogens is 1. The summed E-state index contributed by atoms with van der Waals surface area (Å²) in [5, 5.41) is 9.11. The van der Waals surface area contributed by atoms with E-state index in [4.69, 9.17) is 15.6 Å². The van der Waals surface area contributed by atoms with E-state index in [0.717, 1.165) is 0 Å². The number of hydrogen-bond acceptors (Lipinski definition) is 6. The van der Waals surface area contributed by atoms with Crippen molar-refractivity contribution in [2.24, 2.45) is 0 Å². The molecular formula is C11H14FN5O3. The van der Waals surface area contributed by atoms with Crippen LogP contribution in [0.5, 0.6) is 0 Å². The van der Waals surface area contributed by atoms with Crippen LogP contribution in [0.25, 0.3) is 11.2 Å². The van der Waals surface area contributed by atoms with Crippen LogP contribution in [0.4, 0.5) is 10.3 Å². The minimum absolute atomic E-state index is 0.0481. The number of ether oxygens (including phenoxy) is 1. The zero-order valence-corrected chi connectivity index (χ0v) is 10.7. The molecule has 1 fully saturated rings. The van der Waals surface area contributed by atoms with E-state index >= 15 is 0 Å². The van der Waals surface area contributed by atoms with Gasteiger partial charge in [0, 0.05) is 6.42 Å². The number of aromatic amines is 1. The Bertz CT molecular complexity index is 710. The Balaban J connectivity index is 2.13. The smallest absolute Gasteiger partial charge is 0.280 e. The molecule has 3 unspecified atom stereocenters. The Hall–Kier alpha value is -2.00. The molecule has 0 aliphatic carbocycles. The Morgan fingerprint density at radius 1 is 1.75 bits per heavy atom. The maximum atomic E-state index is 14.6. The first-order valence-electron chi connectivity index (χ1n) is 6.10. The summed E-state index contributed by atoms with van der Waals surface area (Å²) in [6.07, 6.45) is -0.286. The van der Waals surface area contributed by atoms with Gasteiger partial charge in [-0.1, -0.05) is 0 Å². The number of fused-ring (bicyclic) bond motifs is 1. The fourth-order valence-corrected chi connectivity index (χ4v) is 2.50. The Labute approximate surface area is 112 Å². The van der Waals surface area contributed by atoms with Gasteiger partial charge in [-0.2, -0.15) is 4.98 Å². The lowest BCUT2D eigenvalue weighted by Crippen LogP contribution is -2.27. The maximum absolute atomic E-state index is 14.6. The van der Waals surface area contributed by atoms with Gasteiger partial charge in [-0.15, -0.1) is 0 Å². The van der Waals surface area contributed by atoms with Crippen molar-refractivity contribution in [1.29, 1.82) is 0 Å². The highest BCUT2D eigenvalue weighted by molar-refractivity contribution is 5.70. The van der Waals surface area contributed by atoms with Crippen molar-refractivity contribution in [2.45, 2.75) is 31.3 Å². The monoisotopic (exact) mass is 283 g/mol. The van der Waals surface area contributed by atoms with Crippen molar-refractivity contribution < 1.29 is 14.2 Å². The van der Waals surface area contributed by atoms with Crippen LogP contribution in [0, 0.1) is 0 Å². The number of rotatable bonds is 2. The average molecular weight is 283 g/mol. The molecular weight excluding hydrogens is 269 g/mol. The second-order valence-corrected chi connectivity index (χ2v) is 5.05. The summed E-state index contributed by atoms with van der Waals surface area (Å²) in [5.74, 6) is -0.0819. The van der Waals surface area contributed by atoms with Crippen LogP contribution in [0.3, 0.4) is 0 Å². The van der Waals surface area contributed by atoms with Gasteiger partial charge in [0.2, 0.25) is 5.95 Å². The van der Waals surface area contributed by atoms with E-state index in [0.29, 0.717) is 0 Å². The molecule has 3 rings (SSSR count). The van der Waals surface area contributed by atoms with Crippen molar-refractivity contribution in [3.05, 3.63) is 16.7 Å². The van der Waals surface area contributed by atoms with Gasteiger partial charge < -0.3 is 15.6 Å². The number of hydrogen-bond donors (Lipinski definition) is 3. The predicted octanol–water partition coefficient (Wildman–Crippen LogP) is -0.290. The molecule has 0 aromatic carbocycles. The number of anilines is 1. The van der Waals surface area contributed by atoms with Gasteiger partial charge in [0.05, 0.1) is 19.0 Å². The third-order valence-electron chi connectivity index (χ3n) is 3.37. The zero-order valence-electron chi connectivity index (χ0n) is 10.7. The van der Waals surface area contributed by atoms with E-state index in [1.54, 1.807) is 0 Å². The molecule has 4 N–H and O–H groups in total. The fraction of sp³-hybridized carbons (Fsp3) is 0.545. The first-order valence-corrected chi connectivity index (χ1v) is 6.10. The highest BCUT2D eigenvalue weighted by atomic mass is 19.1. The first kappa shape index (κ1) is 13.0. The van der Waals surface area contributed by atoms with Gasteiger partial charge in [0.1, 0.15) is 0 Å². The Morgan fingerprint density at radius 3 is 3.15 bits per heavy atom. The largest absolute Gasteiger partial charge is 0.394 e. The average Bonchev–Trinajstić information content (AvgIpc) is 2.89. The van der Waals surface area contributed by atoms with E-state index in [9.17, 15) is 9.18 Å².